The highest BCUT2D eigenvalue weighted by Gasteiger charge is 2.17. The smallest absolute Gasteiger partial charge is 0.308 e. The van der Waals surface area contributed by atoms with Gasteiger partial charge < -0.3 is 4.74 Å². The number of rotatable bonds is 4. The molecule has 0 heterocycles. The lowest BCUT2D eigenvalue weighted by Gasteiger charge is -2.11. The van der Waals surface area contributed by atoms with Crippen LogP contribution in [-0.4, -0.2) is 10.9 Å². The Balaban J connectivity index is 3.35. The average molecular weight is 237 g/mol. The van der Waals surface area contributed by atoms with Crippen molar-refractivity contribution in [1.82, 2.24) is 0 Å². The van der Waals surface area contributed by atoms with E-state index in [1.165, 1.54) is 19.1 Å². The van der Waals surface area contributed by atoms with E-state index in [1.807, 2.05) is 13.8 Å². The van der Waals surface area contributed by atoms with Crippen molar-refractivity contribution in [3.63, 3.8) is 0 Å². The number of aryl methyl sites for hydroxylation is 2. The predicted molar refractivity (Wildman–Crippen MR) is 63.2 cm³/mol. The Morgan fingerprint density at radius 3 is 2.06 bits per heavy atom. The molecule has 1 rings (SSSR count). The van der Waals surface area contributed by atoms with E-state index < -0.39 is 10.9 Å². The van der Waals surface area contributed by atoms with E-state index in [0.717, 1.165) is 0 Å². The molecule has 92 valence electrons. The number of hydrogen-bond donors (Lipinski definition) is 0. The zero-order valence-corrected chi connectivity index (χ0v) is 10.1. The molecule has 0 amide bonds. The summed E-state index contributed by atoms with van der Waals surface area (Å²) in [4.78, 5) is 21.3. The van der Waals surface area contributed by atoms with E-state index in [4.69, 9.17) is 4.74 Å². The summed E-state index contributed by atoms with van der Waals surface area (Å²) in [6.45, 7) is 5.05. The summed E-state index contributed by atoms with van der Waals surface area (Å²) in [7, 11) is 0. The number of ether oxygens (including phenoxy) is 1. The van der Waals surface area contributed by atoms with Gasteiger partial charge in [0, 0.05) is 30.2 Å². The largest absolute Gasteiger partial charge is 0.426 e. The average Bonchev–Trinajstić information content (AvgIpc) is 2.28. The predicted octanol–water partition coefficient (Wildman–Crippen LogP) is 2.64. The van der Waals surface area contributed by atoms with E-state index >= 15 is 0 Å². The molecule has 0 aromatic heterocycles. The van der Waals surface area contributed by atoms with Gasteiger partial charge in [-0.3, -0.25) is 14.9 Å². The molecule has 0 fully saturated rings. The maximum Gasteiger partial charge on any atom is 0.308 e. The molecule has 1 aromatic carbocycles. The summed E-state index contributed by atoms with van der Waals surface area (Å²) in [5.41, 5.74) is 1.41. The second-order valence-corrected chi connectivity index (χ2v) is 3.65. The molecule has 0 N–H and O–H groups in total. The molecule has 0 aliphatic carbocycles. The first-order valence-corrected chi connectivity index (χ1v) is 5.48. The third-order valence-corrected chi connectivity index (χ3v) is 2.45. The lowest BCUT2D eigenvalue weighted by Crippen LogP contribution is -2.07. The third kappa shape index (κ3) is 3.03. The van der Waals surface area contributed by atoms with E-state index in [-0.39, 0.29) is 5.69 Å². The van der Waals surface area contributed by atoms with Crippen LogP contribution in [0, 0.1) is 10.1 Å². The Bertz CT molecular complexity index is 429. The van der Waals surface area contributed by atoms with E-state index in [1.54, 1.807) is 0 Å². The Labute approximate surface area is 99.5 Å². The topological polar surface area (TPSA) is 69.4 Å². The van der Waals surface area contributed by atoms with Crippen molar-refractivity contribution in [3.8, 4) is 5.75 Å². The number of hydrogen-bond acceptors (Lipinski definition) is 4. The Kier molecular flexibility index (Phi) is 4.20. The van der Waals surface area contributed by atoms with Crippen LogP contribution in [0.3, 0.4) is 0 Å². The second kappa shape index (κ2) is 5.43. The first-order chi connectivity index (χ1) is 7.99. The number of benzene rings is 1. The minimum atomic E-state index is -0.435. The van der Waals surface area contributed by atoms with Crippen LogP contribution in [0.5, 0.6) is 5.75 Å². The SMILES string of the molecule is CCc1cc([N+](=O)[O-])cc(CC)c1OC(C)=O. The molecule has 0 saturated heterocycles. The Morgan fingerprint density at radius 2 is 1.76 bits per heavy atom. The maximum absolute atomic E-state index is 11.0. The van der Waals surface area contributed by atoms with Crippen LogP contribution in [0.15, 0.2) is 12.1 Å². The molecule has 0 unspecified atom stereocenters. The number of nitro groups is 1. The highest BCUT2D eigenvalue weighted by atomic mass is 16.6. The normalized spacial score (nSPS) is 10.1. The molecule has 0 saturated carbocycles. The lowest BCUT2D eigenvalue weighted by molar-refractivity contribution is -0.385. The van der Waals surface area contributed by atoms with Gasteiger partial charge in [0.1, 0.15) is 5.75 Å². The number of carbonyl (C=O) groups is 1. The summed E-state index contributed by atoms with van der Waals surface area (Å²) >= 11 is 0. The first-order valence-electron chi connectivity index (χ1n) is 5.48. The molecular weight excluding hydrogens is 222 g/mol. The summed E-state index contributed by atoms with van der Waals surface area (Å²) in [6.07, 6.45) is 1.16. The van der Waals surface area contributed by atoms with Crippen molar-refractivity contribution in [2.45, 2.75) is 33.6 Å². The van der Waals surface area contributed by atoms with Gasteiger partial charge in [0.15, 0.2) is 0 Å². The summed E-state index contributed by atoms with van der Waals surface area (Å²) in [6, 6.07) is 2.91. The van der Waals surface area contributed by atoms with Crippen LogP contribution in [-0.2, 0) is 17.6 Å². The van der Waals surface area contributed by atoms with E-state index in [0.29, 0.717) is 29.7 Å². The molecule has 0 aliphatic heterocycles. The van der Waals surface area contributed by atoms with Gasteiger partial charge in [0.2, 0.25) is 0 Å². The molecule has 5 nitrogen and oxygen atoms in total. The van der Waals surface area contributed by atoms with Crippen molar-refractivity contribution in [1.29, 1.82) is 0 Å². The molecule has 0 aliphatic rings. The van der Waals surface area contributed by atoms with Gasteiger partial charge in [-0.05, 0) is 12.8 Å². The van der Waals surface area contributed by atoms with Crippen LogP contribution in [0.1, 0.15) is 31.9 Å². The fraction of sp³-hybridized carbons (Fsp3) is 0.417. The monoisotopic (exact) mass is 237 g/mol. The first kappa shape index (κ1) is 13.2. The van der Waals surface area contributed by atoms with Gasteiger partial charge in [0.05, 0.1) is 4.92 Å². The highest BCUT2D eigenvalue weighted by molar-refractivity contribution is 5.71. The van der Waals surface area contributed by atoms with Gasteiger partial charge in [-0.15, -0.1) is 0 Å². The summed E-state index contributed by atoms with van der Waals surface area (Å²) in [5, 5.41) is 10.8. The molecule has 1 aromatic rings. The molecule has 0 spiro atoms. The van der Waals surface area contributed by atoms with Crippen molar-refractivity contribution >= 4 is 11.7 Å². The van der Waals surface area contributed by atoms with Crippen molar-refractivity contribution in [2.75, 3.05) is 0 Å². The maximum atomic E-state index is 11.0. The van der Waals surface area contributed by atoms with E-state index in [9.17, 15) is 14.9 Å². The molecule has 5 heteroatoms. The van der Waals surface area contributed by atoms with Gasteiger partial charge in [0.25, 0.3) is 5.69 Å². The molecular formula is C12H15NO4. The summed E-state index contributed by atoms with van der Waals surface area (Å²) < 4.78 is 5.13. The van der Waals surface area contributed by atoms with Gasteiger partial charge in [-0.2, -0.15) is 0 Å². The molecule has 0 atom stereocenters. The number of esters is 1. The minimum absolute atomic E-state index is 0.0367. The Morgan fingerprint density at radius 1 is 1.29 bits per heavy atom. The van der Waals surface area contributed by atoms with Crippen LogP contribution < -0.4 is 4.74 Å². The van der Waals surface area contributed by atoms with Crippen molar-refractivity contribution < 1.29 is 14.5 Å². The highest BCUT2D eigenvalue weighted by Crippen LogP contribution is 2.30. The number of nitro benzene ring substituents is 1. The third-order valence-electron chi connectivity index (χ3n) is 2.45. The van der Waals surface area contributed by atoms with Crippen LogP contribution >= 0.6 is 0 Å². The quantitative estimate of drug-likeness (QED) is 0.349. The van der Waals surface area contributed by atoms with Gasteiger partial charge in [-0.25, -0.2) is 0 Å². The number of non-ortho nitro benzene ring substituents is 1. The molecule has 0 radical (unpaired) electrons. The minimum Gasteiger partial charge on any atom is -0.426 e. The number of carbonyl (C=O) groups excluding carboxylic acids is 1. The summed E-state index contributed by atoms with van der Waals surface area (Å²) in [5.74, 6) is 0.0522. The van der Waals surface area contributed by atoms with Crippen LogP contribution in [0.4, 0.5) is 5.69 Å². The number of nitrogens with zero attached hydrogens (tertiary/aromatic N) is 1. The Hall–Kier alpha value is -1.91. The van der Waals surface area contributed by atoms with Crippen molar-refractivity contribution in [2.24, 2.45) is 0 Å². The lowest BCUT2D eigenvalue weighted by atomic mass is 10.0. The van der Waals surface area contributed by atoms with Gasteiger partial charge >= 0.3 is 5.97 Å². The zero-order valence-electron chi connectivity index (χ0n) is 10.1. The molecule has 17 heavy (non-hydrogen) atoms. The van der Waals surface area contributed by atoms with Crippen molar-refractivity contribution in [3.05, 3.63) is 33.4 Å². The van der Waals surface area contributed by atoms with Crippen LogP contribution in [0.2, 0.25) is 0 Å². The fourth-order valence-corrected chi connectivity index (χ4v) is 1.64. The standard InChI is InChI=1S/C12H15NO4/c1-4-9-6-11(13(15)16)7-10(5-2)12(9)17-8(3)14/h6-7H,4-5H2,1-3H3. The fourth-order valence-electron chi connectivity index (χ4n) is 1.64. The zero-order chi connectivity index (χ0) is 13.0. The molecule has 0 bridgehead atoms. The second-order valence-electron chi connectivity index (χ2n) is 3.65. The van der Waals surface area contributed by atoms with E-state index in [2.05, 4.69) is 0 Å². The van der Waals surface area contributed by atoms with Crippen LogP contribution in [0.25, 0.3) is 0 Å². The van der Waals surface area contributed by atoms with Gasteiger partial charge in [-0.1, -0.05) is 13.8 Å².